The molecule has 3 N–H and O–H groups in total. The highest BCUT2D eigenvalue weighted by molar-refractivity contribution is 6.18. The van der Waals surface area contributed by atoms with Crippen LogP contribution in [0.25, 0.3) is 0 Å². The lowest BCUT2D eigenvalue weighted by molar-refractivity contribution is -0.144. The van der Waals surface area contributed by atoms with Gasteiger partial charge in [-0.15, -0.1) is 0 Å². The van der Waals surface area contributed by atoms with Gasteiger partial charge in [-0.1, -0.05) is 45.9 Å². The van der Waals surface area contributed by atoms with E-state index in [1.165, 1.54) is 12.1 Å². The van der Waals surface area contributed by atoms with Crippen LogP contribution < -0.4 is 11.1 Å². The molecule has 0 saturated carbocycles. The molecule has 0 spiro atoms. The van der Waals surface area contributed by atoms with Crippen molar-refractivity contribution in [1.29, 1.82) is 0 Å². The Balaban J connectivity index is 3.30. The van der Waals surface area contributed by atoms with Crippen LogP contribution in [0.3, 0.4) is 0 Å². The Morgan fingerprint density at radius 3 is 2.06 bits per heavy atom. The van der Waals surface area contributed by atoms with E-state index in [1.54, 1.807) is 26.8 Å². The molecule has 0 radical (unpaired) electrons. The second kappa shape index (κ2) is 11.3. The fraction of sp³-hybridized carbons (Fsp3) is 0.522. The van der Waals surface area contributed by atoms with E-state index in [-0.39, 0.29) is 31.1 Å². The van der Waals surface area contributed by atoms with Crippen LogP contribution in [0.15, 0.2) is 35.9 Å². The molecule has 1 aromatic carbocycles. The number of esters is 1. The first-order valence-electron chi connectivity index (χ1n) is 10.4. The van der Waals surface area contributed by atoms with Crippen molar-refractivity contribution >= 4 is 17.7 Å². The van der Waals surface area contributed by atoms with E-state index in [4.69, 9.17) is 10.5 Å². The quantitative estimate of drug-likeness (QED) is 0.300. The highest BCUT2D eigenvalue weighted by atomic mass is 19.4. The maximum atomic E-state index is 13.5. The first kappa shape index (κ1) is 27.4. The van der Waals surface area contributed by atoms with Gasteiger partial charge in [-0.05, 0) is 36.5 Å². The zero-order valence-corrected chi connectivity index (χ0v) is 19.0. The Labute approximate surface area is 186 Å². The average molecular weight is 457 g/mol. The van der Waals surface area contributed by atoms with Gasteiger partial charge >= 0.3 is 12.1 Å². The third-order valence-corrected chi connectivity index (χ3v) is 4.93. The van der Waals surface area contributed by atoms with Crippen LogP contribution in [0.2, 0.25) is 0 Å². The van der Waals surface area contributed by atoms with E-state index in [2.05, 4.69) is 5.32 Å². The summed E-state index contributed by atoms with van der Waals surface area (Å²) < 4.78 is 43.3. The van der Waals surface area contributed by atoms with Crippen LogP contribution in [0.1, 0.15) is 52.2 Å². The van der Waals surface area contributed by atoms with E-state index < -0.39 is 40.9 Å². The molecule has 0 aliphatic heterocycles. The Kier molecular flexibility index (Phi) is 9.63. The second-order valence-electron chi connectivity index (χ2n) is 8.12. The monoisotopic (exact) mass is 456 g/mol. The maximum absolute atomic E-state index is 13.5. The number of Topliss-reactive ketones (excluding diaryl/α,β-unsaturated/α-hetero) is 1. The molecule has 1 atom stereocenters. The van der Waals surface area contributed by atoms with Gasteiger partial charge in [-0.3, -0.25) is 19.7 Å². The molecule has 0 saturated heterocycles. The lowest BCUT2D eigenvalue weighted by Gasteiger charge is -2.35. The Bertz CT molecular complexity index is 846. The van der Waals surface area contributed by atoms with Gasteiger partial charge in [-0.2, -0.15) is 13.2 Å². The summed E-state index contributed by atoms with van der Waals surface area (Å²) in [6, 6.07) is 4.36. The molecular weight excluding hydrogens is 425 g/mol. The van der Waals surface area contributed by atoms with Crippen molar-refractivity contribution in [3.63, 3.8) is 0 Å². The molecule has 9 heteroatoms. The Morgan fingerprint density at radius 2 is 1.66 bits per heavy atom. The SMILES string of the molecule is CCOC(=O)CC(=CC(C)C)C(=O)[C@@](NCc1ccc(C(F)(F)F)cc1)(C(N)=O)C(C)C. The van der Waals surface area contributed by atoms with Crippen molar-refractivity contribution in [2.24, 2.45) is 17.6 Å². The zero-order valence-electron chi connectivity index (χ0n) is 19.0. The number of primary amides is 1. The molecule has 0 bridgehead atoms. The Hall–Kier alpha value is -2.68. The highest BCUT2D eigenvalue weighted by Gasteiger charge is 2.48. The summed E-state index contributed by atoms with van der Waals surface area (Å²) in [6.45, 7) is 8.57. The lowest BCUT2D eigenvalue weighted by Crippen LogP contribution is -2.64. The van der Waals surface area contributed by atoms with E-state index in [1.807, 2.05) is 13.8 Å². The van der Waals surface area contributed by atoms with E-state index in [0.717, 1.165) is 12.1 Å². The number of nitrogens with two attached hydrogens (primary N) is 1. The molecule has 0 aliphatic rings. The van der Waals surface area contributed by atoms with E-state index >= 15 is 0 Å². The summed E-state index contributed by atoms with van der Waals surface area (Å²) in [5.41, 5.74) is 3.51. The molecule has 6 nitrogen and oxygen atoms in total. The van der Waals surface area contributed by atoms with Crippen molar-refractivity contribution < 1.29 is 32.3 Å². The lowest BCUT2D eigenvalue weighted by atomic mass is 9.77. The fourth-order valence-electron chi connectivity index (χ4n) is 3.32. The first-order valence-corrected chi connectivity index (χ1v) is 10.4. The minimum Gasteiger partial charge on any atom is -0.466 e. The molecule has 0 aliphatic carbocycles. The van der Waals surface area contributed by atoms with Gasteiger partial charge in [0.15, 0.2) is 11.3 Å². The maximum Gasteiger partial charge on any atom is 0.416 e. The number of halogens is 3. The zero-order chi connectivity index (χ0) is 24.7. The van der Waals surface area contributed by atoms with Gasteiger partial charge in [0.25, 0.3) is 0 Å². The molecule has 0 heterocycles. The number of allylic oxidation sites excluding steroid dienone is 1. The summed E-state index contributed by atoms with van der Waals surface area (Å²) >= 11 is 0. The number of hydrogen-bond donors (Lipinski definition) is 2. The number of benzene rings is 1. The van der Waals surface area contributed by atoms with Crippen LogP contribution in [-0.4, -0.2) is 29.8 Å². The van der Waals surface area contributed by atoms with Crippen molar-refractivity contribution in [2.75, 3.05) is 6.61 Å². The number of carbonyl (C=O) groups is 3. The molecular formula is C23H31F3N2O4. The van der Waals surface area contributed by atoms with Crippen LogP contribution in [0.5, 0.6) is 0 Å². The molecule has 0 unspecified atom stereocenters. The number of nitrogens with one attached hydrogen (secondary N) is 1. The smallest absolute Gasteiger partial charge is 0.416 e. The average Bonchev–Trinajstić information content (AvgIpc) is 2.66. The van der Waals surface area contributed by atoms with Crippen molar-refractivity contribution in [1.82, 2.24) is 5.32 Å². The second-order valence-corrected chi connectivity index (χ2v) is 8.12. The molecule has 32 heavy (non-hydrogen) atoms. The summed E-state index contributed by atoms with van der Waals surface area (Å²) in [5.74, 6) is -2.93. The third kappa shape index (κ3) is 6.91. The van der Waals surface area contributed by atoms with Crippen molar-refractivity contribution in [2.45, 2.75) is 59.3 Å². The number of rotatable bonds is 11. The van der Waals surface area contributed by atoms with Gasteiger partial charge in [0.2, 0.25) is 5.91 Å². The standard InChI is InChI=1S/C23H31F3N2O4/c1-6-32-19(29)12-17(11-14(2)3)20(30)22(15(4)5,21(27)31)28-13-16-7-9-18(10-8-16)23(24,25)26/h7-11,14-15,28H,6,12-13H2,1-5H3,(H2,27,31)/t22-/m1/s1. The number of ether oxygens (including phenoxy) is 1. The van der Waals surface area contributed by atoms with Crippen LogP contribution in [-0.2, 0) is 31.8 Å². The summed E-state index contributed by atoms with van der Waals surface area (Å²) in [6.07, 6.45) is -3.21. The van der Waals surface area contributed by atoms with E-state index in [9.17, 15) is 27.6 Å². The number of ketones is 1. The number of alkyl halides is 3. The minimum absolute atomic E-state index is 0.0840. The van der Waals surface area contributed by atoms with Gasteiger partial charge in [0, 0.05) is 12.1 Å². The largest absolute Gasteiger partial charge is 0.466 e. The predicted octanol–water partition coefficient (Wildman–Crippen LogP) is 3.78. The van der Waals surface area contributed by atoms with E-state index in [0.29, 0.717) is 5.56 Å². The fourth-order valence-corrected chi connectivity index (χ4v) is 3.32. The van der Waals surface area contributed by atoms with Gasteiger partial charge in [0.1, 0.15) is 0 Å². The summed E-state index contributed by atoms with van der Waals surface area (Å²) in [7, 11) is 0. The minimum atomic E-state index is -4.47. The van der Waals surface area contributed by atoms with Crippen molar-refractivity contribution in [3.8, 4) is 0 Å². The van der Waals surface area contributed by atoms with Crippen LogP contribution in [0.4, 0.5) is 13.2 Å². The van der Waals surface area contributed by atoms with Crippen molar-refractivity contribution in [3.05, 3.63) is 47.0 Å². The van der Waals surface area contributed by atoms with Gasteiger partial charge in [-0.25, -0.2) is 0 Å². The molecule has 0 aromatic heterocycles. The molecule has 1 amide bonds. The predicted molar refractivity (Wildman–Crippen MR) is 114 cm³/mol. The number of amides is 1. The van der Waals surface area contributed by atoms with Crippen LogP contribution >= 0.6 is 0 Å². The first-order chi connectivity index (χ1) is 14.7. The number of hydrogen-bond acceptors (Lipinski definition) is 5. The Morgan fingerprint density at radius 1 is 1.09 bits per heavy atom. The highest BCUT2D eigenvalue weighted by Crippen LogP contribution is 2.30. The molecule has 0 fully saturated rings. The third-order valence-electron chi connectivity index (χ3n) is 4.93. The van der Waals surface area contributed by atoms with Crippen LogP contribution in [0, 0.1) is 11.8 Å². The van der Waals surface area contributed by atoms with Gasteiger partial charge < -0.3 is 10.5 Å². The molecule has 178 valence electrons. The topological polar surface area (TPSA) is 98.5 Å². The van der Waals surface area contributed by atoms with Gasteiger partial charge in [0.05, 0.1) is 18.6 Å². The normalized spacial score (nSPS) is 14.4. The molecule has 1 rings (SSSR count). The number of carbonyl (C=O) groups excluding carboxylic acids is 3. The molecule has 1 aromatic rings. The summed E-state index contributed by atoms with van der Waals surface area (Å²) in [5, 5.41) is 2.87. The summed E-state index contributed by atoms with van der Waals surface area (Å²) in [4.78, 5) is 38.2.